The molecule has 0 aliphatic rings. The van der Waals surface area contributed by atoms with E-state index in [0.29, 0.717) is 12.4 Å². The van der Waals surface area contributed by atoms with E-state index in [-0.39, 0.29) is 11.5 Å². The van der Waals surface area contributed by atoms with Crippen molar-refractivity contribution >= 4 is 0 Å². The van der Waals surface area contributed by atoms with E-state index in [1.54, 1.807) is 6.20 Å². The Morgan fingerprint density at radius 3 is 2.67 bits per heavy atom. The zero-order valence-electron chi connectivity index (χ0n) is 9.95. The highest BCUT2D eigenvalue weighted by Crippen LogP contribution is 2.24. The van der Waals surface area contributed by atoms with Crippen LogP contribution in [0.25, 0.3) is 0 Å². The first-order valence-electron chi connectivity index (χ1n) is 5.25. The van der Waals surface area contributed by atoms with Crippen molar-refractivity contribution in [3.05, 3.63) is 23.9 Å². The average Bonchev–Trinajstić information content (AvgIpc) is 2.17. The van der Waals surface area contributed by atoms with Crippen LogP contribution in [0.1, 0.15) is 33.3 Å². The van der Waals surface area contributed by atoms with Gasteiger partial charge >= 0.3 is 0 Å². The summed E-state index contributed by atoms with van der Waals surface area (Å²) in [5.74, 6) is 0.655. The Hall–Kier alpha value is -1.09. The lowest BCUT2D eigenvalue weighted by molar-refractivity contribution is 0.0974. The van der Waals surface area contributed by atoms with E-state index in [4.69, 9.17) is 10.5 Å². The van der Waals surface area contributed by atoms with E-state index >= 15 is 0 Å². The molecule has 0 spiro atoms. The molecule has 1 aromatic heterocycles. The fourth-order valence-corrected chi connectivity index (χ4v) is 1.03. The van der Waals surface area contributed by atoms with Crippen LogP contribution in [0.3, 0.4) is 0 Å². The van der Waals surface area contributed by atoms with E-state index in [1.807, 2.05) is 12.1 Å². The summed E-state index contributed by atoms with van der Waals surface area (Å²) in [5.41, 5.74) is 6.67. The number of ether oxygens (including phenoxy) is 1. The molecule has 15 heavy (non-hydrogen) atoms. The van der Waals surface area contributed by atoms with Crippen molar-refractivity contribution in [3.8, 4) is 5.88 Å². The molecule has 0 aliphatic carbocycles. The Morgan fingerprint density at radius 2 is 2.13 bits per heavy atom. The Kier molecular flexibility index (Phi) is 3.69. The third-order valence-corrected chi connectivity index (χ3v) is 2.58. The topological polar surface area (TPSA) is 48.1 Å². The second-order valence-corrected chi connectivity index (χ2v) is 4.80. The van der Waals surface area contributed by atoms with Gasteiger partial charge in [0.2, 0.25) is 5.88 Å². The van der Waals surface area contributed by atoms with Crippen LogP contribution in [0.15, 0.2) is 18.3 Å². The van der Waals surface area contributed by atoms with Crippen LogP contribution < -0.4 is 10.5 Å². The van der Waals surface area contributed by atoms with Gasteiger partial charge in [0, 0.05) is 18.3 Å². The van der Waals surface area contributed by atoms with Crippen LogP contribution in [0, 0.1) is 5.41 Å². The third-order valence-electron chi connectivity index (χ3n) is 2.58. The van der Waals surface area contributed by atoms with E-state index in [2.05, 4.69) is 32.7 Å². The lowest BCUT2D eigenvalue weighted by atomic mass is 9.90. The Balaban J connectivity index is 2.80. The minimum atomic E-state index is 0.101. The molecule has 1 atom stereocenters. The van der Waals surface area contributed by atoms with Gasteiger partial charge in [-0.05, 0) is 18.4 Å². The zero-order valence-corrected chi connectivity index (χ0v) is 9.95. The third kappa shape index (κ3) is 3.20. The predicted octanol–water partition coefficient (Wildman–Crippen LogP) is 2.35. The number of hydrogen-bond acceptors (Lipinski definition) is 3. The molecule has 0 saturated heterocycles. The van der Waals surface area contributed by atoms with Crippen LogP contribution in [-0.2, 0) is 6.54 Å². The van der Waals surface area contributed by atoms with Crippen LogP contribution in [0.5, 0.6) is 5.88 Å². The summed E-state index contributed by atoms with van der Waals surface area (Å²) in [6.07, 6.45) is 1.84. The summed E-state index contributed by atoms with van der Waals surface area (Å²) in [5, 5.41) is 0. The van der Waals surface area contributed by atoms with Crippen molar-refractivity contribution in [2.75, 3.05) is 0 Å². The van der Waals surface area contributed by atoms with E-state index in [9.17, 15) is 0 Å². The molecule has 0 bridgehead atoms. The van der Waals surface area contributed by atoms with Crippen molar-refractivity contribution < 1.29 is 4.74 Å². The highest BCUT2D eigenvalue weighted by Gasteiger charge is 2.22. The number of hydrogen-bond donors (Lipinski definition) is 1. The molecule has 0 saturated carbocycles. The molecule has 0 aromatic carbocycles. The van der Waals surface area contributed by atoms with Gasteiger partial charge in [-0.15, -0.1) is 0 Å². The summed E-state index contributed by atoms with van der Waals surface area (Å²) in [6, 6.07) is 3.81. The van der Waals surface area contributed by atoms with Gasteiger partial charge in [-0.2, -0.15) is 0 Å². The van der Waals surface area contributed by atoms with Gasteiger partial charge in [0.05, 0.1) is 0 Å². The van der Waals surface area contributed by atoms with Crippen LogP contribution in [0.4, 0.5) is 0 Å². The lowest BCUT2D eigenvalue weighted by Gasteiger charge is -2.27. The highest BCUT2D eigenvalue weighted by molar-refractivity contribution is 5.25. The molecule has 2 N–H and O–H groups in total. The highest BCUT2D eigenvalue weighted by atomic mass is 16.5. The van der Waals surface area contributed by atoms with Crippen LogP contribution in [-0.4, -0.2) is 11.1 Å². The molecule has 1 aromatic rings. The number of aromatic nitrogens is 1. The molecular weight excluding hydrogens is 188 g/mol. The van der Waals surface area contributed by atoms with E-state index in [1.165, 1.54) is 0 Å². The smallest absolute Gasteiger partial charge is 0.218 e. The maximum absolute atomic E-state index is 5.81. The van der Waals surface area contributed by atoms with Crippen molar-refractivity contribution in [1.82, 2.24) is 4.98 Å². The first kappa shape index (κ1) is 12.0. The molecule has 0 aliphatic heterocycles. The summed E-state index contributed by atoms with van der Waals surface area (Å²) in [6.45, 7) is 8.93. The molecule has 1 heterocycles. The Labute approximate surface area is 91.7 Å². The van der Waals surface area contributed by atoms with E-state index < -0.39 is 0 Å². The maximum Gasteiger partial charge on any atom is 0.218 e. The fraction of sp³-hybridized carbons (Fsp3) is 0.583. The molecule has 84 valence electrons. The van der Waals surface area contributed by atoms with E-state index in [0.717, 1.165) is 5.56 Å². The molecule has 1 unspecified atom stereocenters. The largest absolute Gasteiger partial charge is 0.474 e. The van der Waals surface area contributed by atoms with Gasteiger partial charge in [-0.1, -0.05) is 26.8 Å². The number of nitrogens with zero attached hydrogens (tertiary/aromatic N) is 1. The molecule has 0 fully saturated rings. The standard InChI is InChI=1S/C12H20N2O/c1-9(12(2,3)4)15-11-10(8-13)6-5-7-14-11/h5-7,9H,8,13H2,1-4H3. The van der Waals surface area contributed by atoms with Gasteiger partial charge < -0.3 is 10.5 Å². The van der Waals surface area contributed by atoms with Gasteiger partial charge in [0.15, 0.2) is 0 Å². The Bertz CT molecular complexity index is 318. The molecule has 0 radical (unpaired) electrons. The monoisotopic (exact) mass is 208 g/mol. The molecular formula is C12H20N2O. The maximum atomic E-state index is 5.81. The quantitative estimate of drug-likeness (QED) is 0.829. The first-order chi connectivity index (χ1) is 6.95. The number of pyridine rings is 1. The lowest BCUT2D eigenvalue weighted by Crippen LogP contribution is -2.29. The minimum Gasteiger partial charge on any atom is -0.474 e. The molecule has 3 heteroatoms. The average molecular weight is 208 g/mol. The summed E-state index contributed by atoms with van der Waals surface area (Å²) < 4.78 is 5.81. The SMILES string of the molecule is CC(Oc1ncccc1CN)C(C)(C)C. The minimum absolute atomic E-state index is 0.101. The Morgan fingerprint density at radius 1 is 1.47 bits per heavy atom. The van der Waals surface area contributed by atoms with Crippen molar-refractivity contribution in [2.24, 2.45) is 11.1 Å². The second-order valence-electron chi connectivity index (χ2n) is 4.80. The molecule has 0 amide bonds. The normalized spacial score (nSPS) is 13.7. The van der Waals surface area contributed by atoms with Crippen molar-refractivity contribution in [2.45, 2.75) is 40.3 Å². The summed E-state index contributed by atoms with van der Waals surface area (Å²) in [4.78, 5) is 4.20. The first-order valence-corrected chi connectivity index (χ1v) is 5.25. The van der Waals surface area contributed by atoms with Crippen LogP contribution >= 0.6 is 0 Å². The molecule has 1 rings (SSSR count). The fourth-order valence-electron chi connectivity index (χ4n) is 1.03. The molecule has 3 nitrogen and oxygen atoms in total. The number of nitrogens with two attached hydrogens (primary N) is 1. The van der Waals surface area contributed by atoms with Crippen molar-refractivity contribution in [3.63, 3.8) is 0 Å². The van der Waals surface area contributed by atoms with Gasteiger partial charge in [0.1, 0.15) is 6.10 Å². The summed E-state index contributed by atoms with van der Waals surface area (Å²) in [7, 11) is 0. The van der Waals surface area contributed by atoms with Gasteiger partial charge in [0.25, 0.3) is 0 Å². The second kappa shape index (κ2) is 4.62. The predicted molar refractivity (Wildman–Crippen MR) is 61.7 cm³/mol. The van der Waals surface area contributed by atoms with Crippen molar-refractivity contribution in [1.29, 1.82) is 0 Å². The van der Waals surface area contributed by atoms with Crippen LogP contribution in [0.2, 0.25) is 0 Å². The van der Waals surface area contributed by atoms with Gasteiger partial charge in [-0.3, -0.25) is 0 Å². The zero-order chi connectivity index (χ0) is 11.5. The summed E-state index contributed by atoms with van der Waals surface area (Å²) >= 11 is 0. The van der Waals surface area contributed by atoms with Gasteiger partial charge in [-0.25, -0.2) is 4.98 Å². The number of rotatable bonds is 3.